The Hall–Kier alpha value is -0.740. The van der Waals surface area contributed by atoms with Crippen LogP contribution < -0.4 is 14.8 Å². The number of halogens is 1. The van der Waals surface area contributed by atoms with Crippen LogP contribution in [-0.2, 0) is 6.54 Å². The molecule has 20 heavy (non-hydrogen) atoms. The highest BCUT2D eigenvalue weighted by molar-refractivity contribution is 9.10. The number of methoxy groups -OCH3 is 1. The van der Waals surface area contributed by atoms with Crippen LogP contribution in [0.25, 0.3) is 0 Å². The lowest BCUT2D eigenvalue weighted by Crippen LogP contribution is -2.21. The van der Waals surface area contributed by atoms with Crippen molar-refractivity contribution in [2.45, 2.75) is 33.2 Å². The summed E-state index contributed by atoms with van der Waals surface area (Å²) in [6.07, 6.45) is 2.82. The quantitative estimate of drug-likeness (QED) is 0.775. The van der Waals surface area contributed by atoms with Gasteiger partial charge >= 0.3 is 0 Å². The zero-order chi connectivity index (χ0) is 14.5. The largest absolute Gasteiger partial charge is 0.493 e. The van der Waals surface area contributed by atoms with Crippen molar-refractivity contribution >= 4 is 15.9 Å². The predicted molar refractivity (Wildman–Crippen MR) is 85.5 cm³/mol. The van der Waals surface area contributed by atoms with Crippen molar-refractivity contribution in [1.82, 2.24) is 5.32 Å². The van der Waals surface area contributed by atoms with Gasteiger partial charge in [-0.25, -0.2) is 0 Å². The lowest BCUT2D eigenvalue weighted by Gasteiger charge is -2.15. The average molecular weight is 342 g/mol. The zero-order valence-corrected chi connectivity index (χ0v) is 14.1. The summed E-state index contributed by atoms with van der Waals surface area (Å²) in [5.74, 6) is 3.30. The van der Waals surface area contributed by atoms with Gasteiger partial charge in [-0.05, 0) is 71.8 Å². The molecule has 1 unspecified atom stereocenters. The Kier molecular flexibility index (Phi) is 5.73. The first kappa shape index (κ1) is 15.6. The minimum absolute atomic E-state index is 0.630. The molecule has 0 spiro atoms. The number of hydrogen-bond acceptors (Lipinski definition) is 3. The standard InChI is InChI=1S/C16H24BrNO2/c1-4-20-16-14(17)7-12(8-15(16)19-3)10-18-9-11(2)13-5-6-13/h7-8,11,13,18H,4-6,9-10H2,1-3H3. The number of ether oxygens (including phenoxy) is 2. The fourth-order valence-electron chi connectivity index (χ4n) is 2.44. The molecule has 1 atom stereocenters. The molecule has 1 aliphatic rings. The minimum atomic E-state index is 0.630. The van der Waals surface area contributed by atoms with Crippen LogP contribution in [0.3, 0.4) is 0 Å². The number of nitrogens with one attached hydrogen (secondary N) is 1. The van der Waals surface area contributed by atoms with Crippen molar-refractivity contribution in [2.75, 3.05) is 20.3 Å². The molecular formula is C16H24BrNO2. The van der Waals surface area contributed by atoms with Crippen LogP contribution in [0, 0.1) is 11.8 Å². The van der Waals surface area contributed by atoms with Gasteiger partial charge in [0.1, 0.15) is 0 Å². The maximum atomic E-state index is 5.60. The van der Waals surface area contributed by atoms with Gasteiger partial charge < -0.3 is 14.8 Å². The summed E-state index contributed by atoms with van der Waals surface area (Å²) >= 11 is 3.56. The molecule has 1 aliphatic carbocycles. The van der Waals surface area contributed by atoms with Gasteiger partial charge in [-0.2, -0.15) is 0 Å². The Morgan fingerprint density at radius 2 is 2.15 bits per heavy atom. The molecule has 0 radical (unpaired) electrons. The highest BCUT2D eigenvalue weighted by Gasteiger charge is 2.27. The summed E-state index contributed by atoms with van der Waals surface area (Å²) in [5.41, 5.74) is 1.21. The van der Waals surface area contributed by atoms with E-state index in [-0.39, 0.29) is 0 Å². The molecule has 2 rings (SSSR count). The second kappa shape index (κ2) is 7.32. The second-order valence-corrected chi connectivity index (χ2v) is 6.34. The van der Waals surface area contributed by atoms with Crippen LogP contribution >= 0.6 is 15.9 Å². The molecule has 0 bridgehead atoms. The molecule has 1 aromatic carbocycles. The summed E-state index contributed by atoms with van der Waals surface area (Å²) in [6, 6.07) is 4.15. The van der Waals surface area contributed by atoms with Gasteiger partial charge in [0.2, 0.25) is 0 Å². The predicted octanol–water partition coefficient (Wildman–Crippen LogP) is 3.99. The van der Waals surface area contributed by atoms with E-state index >= 15 is 0 Å². The topological polar surface area (TPSA) is 30.5 Å². The van der Waals surface area contributed by atoms with Crippen LogP contribution in [-0.4, -0.2) is 20.3 Å². The van der Waals surface area contributed by atoms with E-state index in [0.29, 0.717) is 6.61 Å². The molecule has 4 heteroatoms. The lowest BCUT2D eigenvalue weighted by molar-refractivity contribution is 0.308. The molecule has 3 nitrogen and oxygen atoms in total. The summed E-state index contributed by atoms with van der Waals surface area (Å²) in [4.78, 5) is 0. The van der Waals surface area contributed by atoms with Crippen LogP contribution in [0.1, 0.15) is 32.3 Å². The van der Waals surface area contributed by atoms with Crippen molar-refractivity contribution in [2.24, 2.45) is 11.8 Å². The van der Waals surface area contributed by atoms with E-state index in [4.69, 9.17) is 9.47 Å². The fraction of sp³-hybridized carbons (Fsp3) is 0.625. The van der Waals surface area contributed by atoms with Gasteiger partial charge in [0.25, 0.3) is 0 Å². The van der Waals surface area contributed by atoms with E-state index in [9.17, 15) is 0 Å². The SMILES string of the molecule is CCOc1c(Br)cc(CNCC(C)C2CC2)cc1OC. The molecular weight excluding hydrogens is 318 g/mol. The maximum absolute atomic E-state index is 5.60. The van der Waals surface area contributed by atoms with Crippen molar-refractivity contribution in [1.29, 1.82) is 0 Å². The molecule has 1 N–H and O–H groups in total. The van der Waals surface area contributed by atoms with Gasteiger partial charge in [0, 0.05) is 6.54 Å². The first-order chi connectivity index (χ1) is 9.65. The molecule has 0 aromatic heterocycles. The Labute approximate surface area is 130 Å². The van der Waals surface area contributed by atoms with Crippen molar-refractivity contribution in [3.05, 3.63) is 22.2 Å². The Morgan fingerprint density at radius 3 is 2.75 bits per heavy atom. The smallest absolute Gasteiger partial charge is 0.175 e. The molecule has 1 saturated carbocycles. The van der Waals surface area contributed by atoms with E-state index in [0.717, 1.165) is 40.9 Å². The third kappa shape index (κ3) is 4.13. The van der Waals surface area contributed by atoms with Gasteiger partial charge in [-0.3, -0.25) is 0 Å². The van der Waals surface area contributed by atoms with E-state index in [1.807, 2.05) is 13.0 Å². The molecule has 112 valence electrons. The second-order valence-electron chi connectivity index (χ2n) is 5.49. The normalized spacial score (nSPS) is 16.0. The third-order valence-corrected chi connectivity index (χ3v) is 4.39. The van der Waals surface area contributed by atoms with Crippen LogP contribution in [0.4, 0.5) is 0 Å². The number of rotatable bonds is 8. The summed E-state index contributed by atoms with van der Waals surface area (Å²) in [6.45, 7) is 6.88. The third-order valence-electron chi connectivity index (χ3n) is 3.80. The Bertz CT molecular complexity index is 446. The van der Waals surface area contributed by atoms with Crippen molar-refractivity contribution in [3.8, 4) is 11.5 Å². The van der Waals surface area contributed by atoms with Gasteiger partial charge in [0.15, 0.2) is 11.5 Å². The fourth-order valence-corrected chi connectivity index (χ4v) is 3.04. The molecule has 0 saturated heterocycles. The van der Waals surface area contributed by atoms with E-state index < -0.39 is 0 Å². The first-order valence-electron chi connectivity index (χ1n) is 7.35. The van der Waals surface area contributed by atoms with E-state index in [1.165, 1.54) is 18.4 Å². The zero-order valence-electron chi connectivity index (χ0n) is 12.5. The average Bonchev–Trinajstić information content (AvgIpc) is 3.25. The molecule has 0 aliphatic heterocycles. The summed E-state index contributed by atoms with van der Waals surface area (Å²) in [5, 5.41) is 3.54. The minimum Gasteiger partial charge on any atom is -0.493 e. The van der Waals surface area contributed by atoms with E-state index in [2.05, 4.69) is 34.2 Å². The highest BCUT2D eigenvalue weighted by atomic mass is 79.9. The molecule has 1 fully saturated rings. The highest BCUT2D eigenvalue weighted by Crippen LogP contribution is 2.37. The van der Waals surface area contributed by atoms with Gasteiger partial charge in [-0.15, -0.1) is 0 Å². The summed E-state index contributed by atoms with van der Waals surface area (Å²) < 4.78 is 12.0. The first-order valence-corrected chi connectivity index (χ1v) is 8.15. The van der Waals surface area contributed by atoms with E-state index in [1.54, 1.807) is 7.11 Å². The van der Waals surface area contributed by atoms with Gasteiger partial charge in [-0.1, -0.05) is 6.92 Å². The van der Waals surface area contributed by atoms with Crippen LogP contribution in [0.2, 0.25) is 0 Å². The van der Waals surface area contributed by atoms with Crippen LogP contribution in [0.5, 0.6) is 11.5 Å². The number of benzene rings is 1. The lowest BCUT2D eigenvalue weighted by atomic mass is 10.1. The number of hydrogen-bond donors (Lipinski definition) is 1. The van der Waals surface area contributed by atoms with Gasteiger partial charge in [0.05, 0.1) is 18.2 Å². The summed E-state index contributed by atoms with van der Waals surface area (Å²) in [7, 11) is 1.68. The maximum Gasteiger partial charge on any atom is 0.175 e. The monoisotopic (exact) mass is 341 g/mol. The Morgan fingerprint density at radius 1 is 1.40 bits per heavy atom. The molecule has 0 amide bonds. The molecule has 0 heterocycles. The Balaban J connectivity index is 1.95. The van der Waals surface area contributed by atoms with Crippen LogP contribution in [0.15, 0.2) is 16.6 Å². The van der Waals surface area contributed by atoms with Crippen molar-refractivity contribution in [3.63, 3.8) is 0 Å². The van der Waals surface area contributed by atoms with Crippen molar-refractivity contribution < 1.29 is 9.47 Å². The molecule has 1 aromatic rings.